The van der Waals surface area contributed by atoms with E-state index in [1.54, 1.807) is 24.0 Å². The highest BCUT2D eigenvalue weighted by atomic mass is 35.5. The average Bonchev–Trinajstić information content (AvgIpc) is 2.16. The standard InChI is InChI=1S/C9H9ClN2S/c1-2-5-13-9-8(10)7(6-11)3-4-12-9/h3-4H,2,5H2,1H3. The molecule has 1 rings (SSSR count). The maximum Gasteiger partial charge on any atom is 0.116 e. The number of nitriles is 1. The Labute approximate surface area is 86.9 Å². The monoisotopic (exact) mass is 212 g/mol. The Hall–Kier alpha value is -0.720. The molecule has 0 aliphatic rings. The quantitative estimate of drug-likeness (QED) is 0.723. The van der Waals surface area contributed by atoms with Crippen molar-refractivity contribution in [2.45, 2.75) is 18.4 Å². The molecule has 13 heavy (non-hydrogen) atoms. The van der Waals surface area contributed by atoms with Crippen molar-refractivity contribution in [2.24, 2.45) is 0 Å². The Balaban J connectivity index is 2.90. The molecule has 1 aromatic heterocycles. The van der Waals surface area contributed by atoms with Gasteiger partial charge in [-0.3, -0.25) is 0 Å². The number of hydrogen-bond donors (Lipinski definition) is 0. The van der Waals surface area contributed by atoms with E-state index in [0.29, 0.717) is 10.6 Å². The highest BCUT2D eigenvalue weighted by Gasteiger charge is 2.06. The van der Waals surface area contributed by atoms with Crippen molar-refractivity contribution in [3.05, 3.63) is 22.8 Å². The summed E-state index contributed by atoms with van der Waals surface area (Å²) in [6.07, 6.45) is 2.68. The zero-order valence-electron chi connectivity index (χ0n) is 7.25. The minimum atomic E-state index is 0.475. The van der Waals surface area contributed by atoms with Crippen molar-refractivity contribution >= 4 is 23.4 Å². The first-order valence-electron chi connectivity index (χ1n) is 3.97. The van der Waals surface area contributed by atoms with Gasteiger partial charge in [0.15, 0.2) is 0 Å². The predicted molar refractivity (Wildman–Crippen MR) is 55.0 cm³/mol. The molecule has 0 spiro atoms. The number of hydrogen-bond acceptors (Lipinski definition) is 3. The first-order valence-corrected chi connectivity index (χ1v) is 5.33. The molecule has 0 aromatic carbocycles. The molecule has 2 nitrogen and oxygen atoms in total. The summed E-state index contributed by atoms with van der Waals surface area (Å²) in [5.74, 6) is 0.974. The SMILES string of the molecule is CCCSc1nccc(C#N)c1Cl. The Morgan fingerprint density at radius 1 is 1.69 bits per heavy atom. The van der Waals surface area contributed by atoms with E-state index in [4.69, 9.17) is 16.9 Å². The van der Waals surface area contributed by atoms with Crippen LogP contribution in [0.4, 0.5) is 0 Å². The van der Waals surface area contributed by atoms with Crippen molar-refractivity contribution in [3.63, 3.8) is 0 Å². The summed E-state index contributed by atoms with van der Waals surface area (Å²) in [5, 5.41) is 9.92. The average molecular weight is 213 g/mol. The van der Waals surface area contributed by atoms with Crippen LogP contribution >= 0.6 is 23.4 Å². The fourth-order valence-corrected chi connectivity index (χ4v) is 1.90. The van der Waals surface area contributed by atoms with Crippen molar-refractivity contribution < 1.29 is 0 Å². The van der Waals surface area contributed by atoms with Gasteiger partial charge in [-0.05, 0) is 18.2 Å². The third-order valence-electron chi connectivity index (χ3n) is 1.42. The minimum absolute atomic E-state index is 0.475. The van der Waals surface area contributed by atoms with Gasteiger partial charge in [-0.1, -0.05) is 18.5 Å². The summed E-state index contributed by atoms with van der Waals surface area (Å²) in [7, 11) is 0. The summed E-state index contributed by atoms with van der Waals surface area (Å²) in [6, 6.07) is 3.65. The van der Waals surface area contributed by atoms with Crippen molar-refractivity contribution in [2.75, 3.05) is 5.75 Å². The van der Waals surface area contributed by atoms with Crippen molar-refractivity contribution in [1.29, 1.82) is 5.26 Å². The fourth-order valence-electron chi connectivity index (χ4n) is 0.810. The lowest BCUT2D eigenvalue weighted by atomic mass is 10.3. The molecule has 0 aliphatic heterocycles. The number of rotatable bonds is 3. The number of nitrogens with zero attached hydrogens (tertiary/aromatic N) is 2. The number of pyridine rings is 1. The lowest BCUT2D eigenvalue weighted by Gasteiger charge is -2.01. The Morgan fingerprint density at radius 3 is 3.08 bits per heavy atom. The molecular formula is C9H9ClN2S. The Morgan fingerprint density at radius 2 is 2.46 bits per heavy atom. The van der Waals surface area contributed by atoms with Gasteiger partial charge in [0.05, 0.1) is 10.6 Å². The van der Waals surface area contributed by atoms with Crippen LogP contribution in [0.25, 0.3) is 0 Å². The van der Waals surface area contributed by atoms with Crippen LogP contribution in [0.1, 0.15) is 18.9 Å². The molecule has 0 bridgehead atoms. The van der Waals surface area contributed by atoms with Crippen LogP contribution in [-0.2, 0) is 0 Å². The van der Waals surface area contributed by atoms with Crippen LogP contribution in [0.3, 0.4) is 0 Å². The molecule has 0 aliphatic carbocycles. The second kappa shape index (κ2) is 5.11. The van der Waals surface area contributed by atoms with E-state index in [-0.39, 0.29) is 0 Å². The summed E-state index contributed by atoms with van der Waals surface area (Å²) in [4.78, 5) is 4.10. The van der Waals surface area contributed by atoms with E-state index in [9.17, 15) is 0 Å². The largest absolute Gasteiger partial charge is 0.248 e. The third kappa shape index (κ3) is 2.61. The third-order valence-corrected chi connectivity index (χ3v) is 3.11. The van der Waals surface area contributed by atoms with Gasteiger partial charge in [0.25, 0.3) is 0 Å². The van der Waals surface area contributed by atoms with Crippen LogP contribution in [0, 0.1) is 11.3 Å². The highest BCUT2D eigenvalue weighted by Crippen LogP contribution is 2.27. The van der Waals surface area contributed by atoms with Crippen LogP contribution in [0.5, 0.6) is 0 Å². The second-order valence-electron chi connectivity index (χ2n) is 2.44. The van der Waals surface area contributed by atoms with Crippen LogP contribution in [0.15, 0.2) is 17.3 Å². The van der Waals surface area contributed by atoms with Crippen molar-refractivity contribution in [1.82, 2.24) is 4.98 Å². The van der Waals surface area contributed by atoms with E-state index < -0.39 is 0 Å². The minimum Gasteiger partial charge on any atom is -0.248 e. The molecule has 0 atom stereocenters. The van der Waals surface area contributed by atoms with E-state index in [0.717, 1.165) is 17.2 Å². The first kappa shape index (κ1) is 10.4. The predicted octanol–water partition coefficient (Wildman–Crippen LogP) is 3.11. The van der Waals surface area contributed by atoms with Gasteiger partial charge in [-0.25, -0.2) is 4.98 Å². The van der Waals surface area contributed by atoms with Gasteiger partial charge in [0.2, 0.25) is 0 Å². The smallest absolute Gasteiger partial charge is 0.116 e. The second-order valence-corrected chi connectivity index (χ2v) is 3.90. The van der Waals surface area contributed by atoms with E-state index in [1.165, 1.54) is 0 Å². The summed E-state index contributed by atoms with van der Waals surface area (Å²) in [5.41, 5.74) is 0.496. The van der Waals surface area contributed by atoms with E-state index in [2.05, 4.69) is 11.9 Å². The van der Waals surface area contributed by atoms with Gasteiger partial charge >= 0.3 is 0 Å². The van der Waals surface area contributed by atoms with Gasteiger partial charge in [-0.2, -0.15) is 5.26 Å². The van der Waals surface area contributed by atoms with E-state index in [1.807, 2.05) is 6.07 Å². The van der Waals surface area contributed by atoms with Crippen molar-refractivity contribution in [3.8, 4) is 6.07 Å². The molecule has 68 valence electrons. The molecule has 0 saturated carbocycles. The number of aromatic nitrogens is 1. The lowest BCUT2D eigenvalue weighted by molar-refractivity contribution is 1.08. The molecule has 1 aromatic rings. The van der Waals surface area contributed by atoms with Gasteiger partial charge in [0, 0.05) is 6.20 Å². The molecule has 0 fully saturated rings. The topological polar surface area (TPSA) is 36.7 Å². The molecule has 0 unspecified atom stereocenters. The molecule has 0 N–H and O–H groups in total. The van der Waals surface area contributed by atoms with Gasteiger partial charge in [0.1, 0.15) is 11.1 Å². The van der Waals surface area contributed by atoms with E-state index >= 15 is 0 Å². The van der Waals surface area contributed by atoms with Crippen LogP contribution in [-0.4, -0.2) is 10.7 Å². The maximum absolute atomic E-state index is 8.70. The summed E-state index contributed by atoms with van der Waals surface area (Å²) in [6.45, 7) is 2.09. The highest BCUT2D eigenvalue weighted by molar-refractivity contribution is 7.99. The van der Waals surface area contributed by atoms with Crippen LogP contribution < -0.4 is 0 Å². The lowest BCUT2D eigenvalue weighted by Crippen LogP contribution is -1.86. The fraction of sp³-hybridized carbons (Fsp3) is 0.333. The zero-order valence-corrected chi connectivity index (χ0v) is 8.82. The first-order chi connectivity index (χ1) is 6.29. The zero-order chi connectivity index (χ0) is 9.68. The normalized spacial score (nSPS) is 9.62. The Kier molecular flexibility index (Phi) is 4.07. The maximum atomic E-state index is 8.70. The summed E-state index contributed by atoms with van der Waals surface area (Å²) >= 11 is 7.52. The van der Waals surface area contributed by atoms with Gasteiger partial charge < -0.3 is 0 Å². The molecule has 0 saturated heterocycles. The molecule has 1 heterocycles. The molecular weight excluding hydrogens is 204 g/mol. The molecule has 0 amide bonds. The van der Waals surface area contributed by atoms with Crippen LogP contribution in [0.2, 0.25) is 5.02 Å². The summed E-state index contributed by atoms with van der Waals surface area (Å²) < 4.78 is 0. The number of halogens is 1. The Bertz CT molecular complexity index is 333. The number of thioether (sulfide) groups is 1. The van der Waals surface area contributed by atoms with Gasteiger partial charge in [-0.15, -0.1) is 11.8 Å². The molecule has 0 radical (unpaired) electrons. The molecule has 4 heteroatoms.